The quantitative estimate of drug-likeness (QED) is 0.649. The van der Waals surface area contributed by atoms with Crippen LogP contribution in [0.15, 0.2) is 42.5 Å². The van der Waals surface area contributed by atoms with Crippen LogP contribution in [0.2, 0.25) is 0 Å². The van der Waals surface area contributed by atoms with Crippen LogP contribution < -0.4 is 10.6 Å². The number of fused-ring (bicyclic) bond motifs is 4. The number of halogens is 1. The number of hydrogen-bond donors (Lipinski definition) is 3. The molecule has 8 heteroatoms. The molecule has 1 spiro atoms. The Balaban J connectivity index is 1.61. The van der Waals surface area contributed by atoms with Crippen molar-refractivity contribution in [2.75, 3.05) is 5.32 Å². The van der Waals surface area contributed by atoms with E-state index in [9.17, 15) is 23.9 Å². The predicted molar refractivity (Wildman–Crippen MR) is 109 cm³/mol. The molecule has 2 fully saturated rings. The topological polar surface area (TPSA) is 98.7 Å². The Kier molecular flexibility index (Phi) is 4.29. The summed E-state index contributed by atoms with van der Waals surface area (Å²) in [5.74, 6) is -3.59. The molecule has 0 aromatic heterocycles. The number of benzene rings is 2. The Bertz CT molecular complexity index is 1120. The minimum absolute atomic E-state index is 0.0180. The van der Waals surface area contributed by atoms with Gasteiger partial charge in [0.05, 0.1) is 24.5 Å². The summed E-state index contributed by atoms with van der Waals surface area (Å²) in [6.07, 6.45) is -0.962. The number of aryl methyl sites for hydroxylation is 1. The third-order valence-corrected chi connectivity index (χ3v) is 6.76. The fraction of sp³-hybridized carbons (Fsp3) is 0.348. The average Bonchev–Trinajstić information content (AvgIpc) is 3.32. The van der Waals surface area contributed by atoms with Gasteiger partial charge < -0.3 is 10.4 Å². The SMILES string of the molecule is Cc1cccc2c1NC(=O)[C@]21N[C@@H]([C@H](C)O)[C@H]2C(=O)N(Cc3ccc(F)cc3)C(=O)[C@H]21. The number of anilines is 1. The highest BCUT2D eigenvalue weighted by molar-refractivity contribution is 6.15. The van der Waals surface area contributed by atoms with Gasteiger partial charge in [0.15, 0.2) is 0 Å². The van der Waals surface area contributed by atoms with Gasteiger partial charge in [0.1, 0.15) is 11.4 Å². The van der Waals surface area contributed by atoms with Crippen LogP contribution in [0.25, 0.3) is 0 Å². The molecular weight excluding hydrogens is 401 g/mol. The van der Waals surface area contributed by atoms with Crippen molar-refractivity contribution in [2.24, 2.45) is 11.8 Å². The summed E-state index contributed by atoms with van der Waals surface area (Å²) >= 11 is 0. The Morgan fingerprint density at radius 1 is 1.13 bits per heavy atom. The fourth-order valence-corrected chi connectivity index (χ4v) is 5.31. The number of amides is 3. The summed E-state index contributed by atoms with van der Waals surface area (Å²) in [6, 6.07) is 10.3. The lowest BCUT2D eigenvalue weighted by molar-refractivity contribution is -0.143. The van der Waals surface area contributed by atoms with Crippen LogP contribution in [0.3, 0.4) is 0 Å². The smallest absolute Gasteiger partial charge is 0.250 e. The first-order valence-corrected chi connectivity index (χ1v) is 10.2. The minimum atomic E-state index is -1.43. The summed E-state index contributed by atoms with van der Waals surface area (Å²) < 4.78 is 13.3. The lowest BCUT2D eigenvalue weighted by Crippen LogP contribution is -2.54. The van der Waals surface area contributed by atoms with Gasteiger partial charge in [0.25, 0.3) is 0 Å². The molecule has 0 unspecified atom stereocenters. The summed E-state index contributed by atoms with van der Waals surface area (Å²) in [6.45, 7) is 3.38. The van der Waals surface area contributed by atoms with E-state index < -0.39 is 53.1 Å². The van der Waals surface area contributed by atoms with Crippen molar-refractivity contribution in [3.63, 3.8) is 0 Å². The molecule has 3 amide bonds. The number of nitrogens with zero attached hydrogens (tertiary/aromatic N) is 1. The maximum absolute atomic E-state index is 13.6. The number of para-hydroxylation sites is 1. The molecule has 3 aliphatic rings. The first kappa shape index (κ1) is 19.8. The fourth-order valence-electron chi connectivity index (χ4n) is 5.31. The Morgan fingerprint density at radius 3 is 2.52 bits per heavy atom. The largest absolute Gasteiger partial charge is 0.392 e. The van der Waals surface area contributed by atoms with Crippen LogP contribution in [-0.4, -0.2) is 39.9 Å². The van der Waals surface area contributed by atoms with Crippen LogP contribution in [0.4, 0.5) is 10.1 Å². The van der Waals surface area contributed by atoms with Gasteiger partial charge in [-0.2, -0.15) is 0 Å². The Morgan fingerprint density at radius 2 is 1.84 bits per heavy atom. The molecule has 0 aliphatic carbocycles. The van der Waals surface area contributed by atoms with Crippen molar-refractivity contribution < 1.29 is 23.9 Å². The molecule has 0 saturated carbocycles. The number of aliphatic hydroxyl groups is 1. The molecule has 2 aromatic carbocycles. The van der Waals surface area contributed by atoms with Crippen molar-refractivity contribution in [3.8, 4) is 0 Å². The number of nitrogens with one attached hydrogen (secondary N) is 2. The minimum Gasteiger partial charge on any atom is -0.392 e. The van der Waals surface area contributed by atoms with Crippen molar-refractivity contribution in [2.45, 2.75) is 38.1 Å². The summed E-state index contributed by atoms with van der Waals surface area (Å²) in [7, 11) is 0. The Hall–Kier alpha value is -3.10. The van der Waals surface area contributed by atoms with Crippen LogP contribution in [0.5, 0.6) is 0 Å². The summed E-state index contributed by atoms with van der Waals surface area (Å²) in [5, 5.41) is 16.5. The zero-order valence-corrected chi connectivity index (χ0v) is 17.1. The van der Waals surface area contributed by atoms with E-state index in [4.69, 9.17) is 0 Å². The number of hydrogen-bond acceptors (Lipinski definition) is 5. The number of carbonyl (C=O) groups is 3. The van der Waals surface area contributed by atoms with E-state index in [2.05, 4.69) is 10.6 Å². The van der Waals surface area contributed by atoms with Crippen LogP contribution in [-0.2, 0) is 26.5 Å². The normalized spacial score (nSPS) is 30.0. The molecule has 160 valence electrons. The second-order valence-electron chi connectivity index (χ2n) is 8.56. The van der Waals surface area contributed by atoms with Gasteiger partial charge in [-0.05, 0) is 37.1 Å². The molecule has 0 radical (unpaired) electrons. The molecule has 3 aliphatic heterocycles. The van der Waals surface area contributed by atoms with E-state index in [1.54, 1.807) is 12.1 Å². The van der Waals surface area contributed by atoms with Crippen molar-refractivity contribution in [1.82, 2.24) is 10.2 Å². The standard InChI is InChI=1S/C23H22FN3O4/c1-11-4-3-5-15-18(11)25-22(31)23(15)17-16(19(26-23)12(2)28)20(29)27(21(17)30)10-13-6-8-14(24)9-7-13/h3-9,12,16-17,19,26,28H,10H2,1-2H3,(H,25,31)/t12-,16-,17-,19-,23-/m0/s1. The van der Waals surface area contributed by atoms with E-state index in [1.165, 1.54) is 31.2 Å². The number of imide groups is 1. The van der Waals surface area contributed by atoms with Crippen molar-refractivity contribution >= 4 is 23.4 Å². The molecule has 2 saturated heterocycles. The van der Waals surface area contributed by atoms with Gasteiger partial charge in [0, 0.05) is 17.3 Å². The molecular formula is C23H22FN3O4. The van der Waals surface area contributed by atoms with Crippen molar-refractivity contribution in [3.05, 3.63) is 65.0 Å². The summed E-state index contributed by atoms with van der Waals surface area (Å²) in [4.78, 5) is 41.3. The monoisotopic (exact) mass is 423 g/mol. The lowest BCUT2D eigenvalue weighted by atomic mass is 9.76. The Labute approximate surface area is 178 Å². The van der Waals surface area contributed by atoms with Crippen LogP contribution >= 0.6 is 0 Å². The lowest BCUT2D eigenvalue weighted by Gasteiger charge is -2.30. The van der Waals surface area contributed by atoms with E-state index in [0.29, 0.717) is 16.8 Å². The number of aliphatic hydroxyl groups excluding tert-OH is 1. The second-order valence-corrected chi connectivity index (χ2v) is 8.56. The highest BCUT2D eigenvalue weighted by Crippen LogP contribution is 2.54. The van der Waals surface area contributed by atoms with Crippen LogP contribution in [0.1, 0.15) is 23.6 Å². The molecule has 5 atom stereocenters. The van der Waals surface area contributed by atoms with Gasteiger partial charge in [-0.15, -0.1) is 0 Å². The molecule has 3 N–H and O–H groups in total. The first-order valence-electron chi connectivity index (χ1n) is 10.2. The highest BCUT2D eigenvalue weighted by atomic mass is 19.1. The van der Waals surface area contributed by atoms with Gasteiger partial charge in [-0.1, -0.05) is 30.3 Å². The molecule has 0 bridgehead atoms. The van der Waals surface area contributed by atoms with Gasteiger partial charge in [0.2, 0.25) is 17.7 Å². The molecule has 31 heavy (non-hydrogen) atoms. The van der Waals surface area contributed by atoms with Crippen LogP contribution in [0, 0.1) is 24.6 Å². The average molecular weight is 423 g/mol. The van der Waals surface area contributed by atoms with E-state index in [0.717, 1.165) is 10.5 Å². The molecule has 2 aromatic rings. The molecule has 5 rings (SSSR count). The van der Waals surface area contributed by atoms with E-state index >= 15 is 0 Å². The third kappa shape index (κ3) is 2.61. The molecule has 7 nitrogen and oxygen atoms in total. The predicted octanol–water partition coefficient (Wildman–Crippen LogP) is 1.44. The number of rotatable bonds is 3. The van der Waals surface area contributed by atoms with Gasteiger partial charge >= 0.3 is 0 Å². The maximum atomic E-state index is 13.6. The number of likely N-dealkylation sites (tertiary alicyclic amines) is 1. The second kappa shape index (κ2) is 6.70. The highest BCUT2D eigenvalue weighted by Gasteiger charge is 2.71. The van der Waals surface area contributed by atoms with E-state index in [-0.39, 0.29) is 6.54 Å². The van der Waals surface area contributed by atoms with Gasteiger partial charge in [-0.3, -0.25) is 24.6 Å². The van der Waals surface area contributed by atoms with E-state index in [1.807, 2.05) is 13.0 Å². The van der Waals surface area contributed by atoms with Crippen molar-refractivity contribution in [1.29, 1.82) is 0 Å². The maximum Gasteiger partial charge on any atom is 0.250 e. The van der Waals surface area contributed by atoms with Gasteiger partial charge in [-0.25, -0.2) is 4.39 Å². The molecule has 3 heterocycles. The zero-order chi connectivity index (χ0) is 22.1. The third-order valence-electron chi connectivity index (χ3n) is 6.76. The zero-order valence-electron chi connectivity index (χ0n) is 17.1. The number of carbonyl (C=O) groups excluding carboxylic acids is 3. The first-order chi connectivity index (χ1) is 14.8. The summed E-state index contributed by atoms with van der Waals surface area (Å²) in [5.41, 5.74) is 1.26.